The highest BCUT2D eigenvalue weighted by Crippen LogP contribution is 2.33. The van der Waals surface area contributed by atoms with Crippen molar-refractivity contribution < 1.29 is 23.9 Å². The van der Waals surface area contributed by atoms with Crippen LogP contribution in [0.2, 0.25) is 5.02 Å². The van der Waals surface area contributed by atoms with Gasteiger partial charge in [-0.15, -0.1) is 0 Å². The van der Waals surface area contributed by atoms with Gasteiger partial charge in [0.2, 0.25) is 5.91 Å². The molecule has 0 atom stereocenters. The van der Waals surface area contributed by atoms with Gasteiger partial charge >= 0.3 is 0 Å². The molecule has 10 heteroatoms. The van der Waals surface area contributed by atoms with Crippen LogP contribution in [-0.2, 0) is 14.4 Å². The molecule has 2 aromatic rings. The number of thioether (sulfide) groups is 1. The minimum absolute atomic E-state index is 0.162. The number of halogens is 1. The Morgan fingerprint density at radius 1 is 1.19 bits per heavy atom. The van der Waals surface area contributed by atoms with Gasteiger partial charge in [0, 0.05) is 5.69 Å². The van der Waals surface area contributed by atoms with Crippen LogP contribution in [0.25, 0.3) is 6.08 Å². The van der Waals surface area contributed by atoms with E-state index in [1.165, 1.54) is 18.2 Å². The molecule has 3 N–H and O–H groups in total. The van der Waals surface area contributed by atoms with Crippen LogP contribution < -0.4 is 15.8 Å². The van der Waals surface area contributed by atoms with Crippen LogP contribution in [0, 0.1) is 6.92 Å². The number of hydrogen-bond acceptors (Lipinski definition) is 6. The monoisotopic (exact) mass is 459 g/mol. The van der Waals surface area contributed by atoms with E-state index in [9.17, 15) is 19.2 Å². The summed E-state index contributed by atoms with van der Waals surface area (Å²) < 4.78 is 5.17. The number of imide groups is 1. The molecule has 0 unspecified atom stereocenters. The second-order valence-electron chi connectivity index (χ2n) is 6.63. The smallest absolute Gasteiger partial charge is 0.294 e. The Balaban J connectivity index is 1.67. The molecule has 3 rings (SSSR count). The molecule has 0 radical (unpaired) electrons. The van der Waals surface area contributed by atoms with Gasteiger partial charge < -0.3 is 15.8 Å². The first kappa shape index (κ1) is 22.4. The Morgan fingerprint density at radius 3 is 2.55 bits per heavy atom. The maximum atomic E-state index is 12.6. The van der Waals surface area contributed by atoms with E-state index in [0.717, 1.165) is 22.2 Å². The maximum absolute atomic E-state index is 12.6. The SMILES string of the molecule is Cc1ccc(NC(=O)CN2C(=O)SC(=Cc3ccc(OCC(N)=O)c(Cl)c3)C2=O)cc1. The molecule has 31 heavy (non-hydrogen) atoms. The first-order chi connectivity index (χ1) is 14.7. The van der Waals surface area contributed by atoms with Gasteiger partial charge in [0.25, 0.3) is 17.1 Å². The van der Waals surface area contributed by atoms with Gasteiger partial charge in [-0.05, 0) is 54.6 Å². The quantitative estimate of drug-likeness (QED) is 0.614. The average molecular weight is 460 g/mol. The summed E-state index contributed by atoms with van der Waals surface area (Å²) >= 11 is 6.85. The molecule has 0 bridgehead atoms. The largest absolute Gasteiger partial charge is 0.482 e. The Morgan fingerprint density at radius 2 is 1.90 bits per heavy atom. The number of amides is 4. The van der Waals surface area contributed by atoms with E-state index in [2.05, 4.69) is 5.32 Å². The summed E-state index contributed by atoms with van der Waals surface area (Å²) in [5.41, 5.74) is 7.20. The Labute approximate surface area is 187 Å². The van der Waals surface area contributed by atoms with Crippen molar-refractivity contribution >= 4 is 58.1 Å². The number of anilines is 1. The van der Waals surface area contributed by atoms with E-state index >= 15 is 0 Å². The van der Waals surface area contributed by atoms with Crippen LogP contribution in [0.5, 0.6) is 5.75 Å². The predicted molar refractivity (Wildman–Crippen MR) is 119 cm³/mol. The second kappa shape index (κ2) is 9.67. The fraction of sp³-hybridized carbons (Fsp3) is 0.143. The third-order valence-electron chi connectivity index (χ3n) is 4.13. The molecule has 0 aliphatic carbocycles. The summed E-state index contributed by atoms with van der Waals surface area (Å²) in [7, 11) is 0. The fourth-order valence-electron chi connectivity index (χ4n) is 2.64. The molecule has 1 fully saturated rings. The number of aryl methyl sites for hydroxylation is 1. The van der Waals surface area contributed by atoms with Gasteiger partial charge in [-0.2, -0.15) is 0 Å². The lowest BCUT2D eigenvalue weighted by Gasteiger charge is -2.12. The van der Waals surface area contributed by atoms with Crippen molar-refractivity contribution in [3.05, 3.63) is 63.5 Å². The molecule has 160 valence electrons. The zero-order valence-corrected chi connectivity index (χ0v) is 18.0. The van der Waals surface area contributed by atoms with E-state index < -0.39 is 29.5 Å². The van der Waals surface area contributed by atoms with Gasteiger partial charge in [0.1, 0.15) is 12.3 Å². The number of nitrogens with zero attached hydrogens (tertiary/aromatic N) is 1. The van der Waals surface area contributed by atoms with Crippen molar-refractivity contribution in [3.8, 4) is 5.75 Å². The van der Waals surface area contributed by atoms with E-state index in [4.69, 9.17) is 22.1 Å². The topological polar surface area (TPSA) is 119 Å². The lowest BCUT2D eigenvalue weighted by atomic mass is 10.2. The summed E-state index contributed by atoms with van der Waals surface area (Å²) in [6, 6.07) is 11.8. The highest BCUT2D eigenvalue weighted by atomic mass is 35.5. The molecular formula is C21H18ClN3O5S. The molecule has 1 aliphatic heterocycles. The number of carbonyl (C=O) groups is 4. The number of carbonyl (C=O) groups excluding carboxylic acids is 4. The number of rotatable bonds is 7. The number of nitrogens with one attached hydrogen (secondary N) is 1. The van der Waals surface area contributed by atoms with Gasteiger partial charge in [-0.25, -0.2) is 0 Å². The zero-order valence-electron chi connectivity index (χ0n) is 16.4. The van der Waals surface area contributed by atoms with Crippen LogP contribution >= 0.6 is 23.4 Å². The van der Waals surface area contributed by atoms with Gasteiger partial charge in [-0.3, -0.25) is 24.1 Å². The minimum Gasteiger partial charge on any atom is -0.482 e. The number of benzene rings is 2. The lowest BCUT2D eigenvalue weighted by Crippen LogP contribution is -2.36. The standard InChI is InChI=1S/C21H18ClN3O5S/c1-12-2-5-14(6-3-12)24-19(27)10-25-20(28)17(31-21(25)29)9-13-4-7-16(15(22)8-13)30-11-18(23)26/h2-9H,10-11H2,1H3,(H2,23,26)(H,24,27). The van der Waals surface area contributed by atoms with Crippen LogP contribution in [0.15, 0.2) is 47.4 Å². The lowest BCUT2D eigenvalue weighted by molar-refractivity contribution is -0.127. The summed E-state index contributed by atoms with van der Waals surface area (Å²) in [4.78, 5) is 49.0. The maximum Gasteiger partial charge on any atom is 0.294 e. The van der Waals surface area contributed by atoms with Crippen LogP contribution in [-0.4, -0.2) is 41.0 Å². The first-order valence-electron chi connectivity index (χ1n) is 9.05. The van der Waals surface area contributed by atoms with E-state index in [-0.39, 0.29) is 22.3 Å². The molecule has 4 amide bonds. The summed E-state index contributed by atoms with van der Waals surface area (Å²) in [6.45, 7) is 1.21. The average Bonchev–Trinajstić information content (AvgIpc) is 2.96. The number of primary amides is 1. The van der Waals surface area contributed by atoms with Crippen molar-refractivity contribution in [2.45, 2.75) is 6.92 Å². The van der Waals surface area contributed by atoms with Crippen molar-refractivity contribution in [3.63, 3.8) is 0 Å². The number of hydrogen-bond donors (Lipinski definition) is 2. The highest BCUT2D eigenvalue weighted by molar-refractivity contribution is 8.18. The predicted octanol–water partition coefficient (Wildman–Crippen LogP) is 3.19. The molecule has 0 saturated carbocycles. The Hall–Kier alpha value is -3.30. The van der Waals surface area contributed by atoms with Crippen molar-refractivity contribution in [1.29, 1.82) is 0 Å². The Bertz CT molecular complexity index is 1080. The van der Waals surface area contributed by atoms with E-state index in [0.29, 0.717) is 11.3 Å². The van der Waals surface area contributed by atoms with Crippen molar-refractivity contribution in [1.82, 2.24) is 4.90 Å². The van der Waals surface area contributed by atoms with E-state index in [1.54, 1.807) is 18.2 Å². The van der Waals surface area contributed by atoms with E-state index in [1.807, 2.05) is 19.1 Å². The van der Waals surface area contributed by atoms with Gasteiger partial charge in [-0.1, -0.05) is 35.4 Å². The minimum atomic E-state index is -0.639. The zero-order chi connectivity index (χ0) is 22.5. The Kier molecular flexibility index (Phi) is 6.98. The van der Waals surface area contributed by atoms with Crippen LogP contribution in [0.3, 0.4) is 0 Å². The highest BCUT2D eigenvalue weighted by Gasteiger charge is 2.36. The molecule has 8 nitrogen and oxygen atoms in total. The van der Waals surface area contributed by atoms with Crippen LogP contribution in [0.1, 0.15) is 11.1 Å². The normalized spacial score (nSPS) is 14.8. The third-order valence-corrected chi connectivity index (χ3v) is 5.34. The first-order valence-corrected chi connectivity index (χ1v) is 10.2. The number of ether oxygens (including phenoxy) is 1. The molecular weight excluding hydrogens is 442 g/mol. The molecule has 0 spiro atoms. The van der Waals surface area contributed by atoms with Gasteiger partial charge in [0.05, 0.1) is 9.93 Å². The summed E-state index contributed by atoms with van der Waals surface area (Å²) in [5, 5.41) is 2.33. The van der Waals surface area contributed by atoms with Gasteiger partial charge in [0.15, 0.2) is 6.61 Å². The second-order valence-corrected chi connectivity index (χ2v) is 8.03. The van der Waals surface area contributed by atoms with Crippen molar-refractivity contribution in [2.24, 2.45) is 5.73 Å². The molecule has 2 aromatic carbocycles. The summed E-state index contributed by atoms with van der Waals surface area (Å²) in [6.07, 6.45) is 1.49. The molecule has 1 heterocycles. The fourth-order valence-corrected chi connectivity index (χ4v) is 3.72. The molecule has 0 aromatic heterocycles. The van der Waals surface area contributed by atoms with Crippen molar-refractivity contribution in [2.75, 3.05) is 18.5 Å². The third kappa shape index (κ3) is 5.87. The molecule has 1 aliphatic rings. The number of nitrogens with two attached hydrogens (primary N) is 1. The molecule has 1 saturated heterocycles. The van der Waals surface area contributed by atoms with Crippen LogP contribution in [0.4, 0.5) is 10.5 Å². The summed E-state index contributed by atoms with van der Waals surface area (Å²) in [5.74, 6) is -1.43.